The Bertz CT molecular complexity index is 429. The molecule has 1 aromatic heterocycles. The van der Waals surface area contributed by atoms with Crippen LogP contribution in [0.3, 0.4) is 0 Å². The van der Waals surface area contributed by atoms with Crippen molar-refractivity contribution in [1.29, 1.82) is 0 Å². The van der Waals surface area contributed by atoms with E-state index < -0.39 is 0 Å². The second kappa shape index (κ2) is 4.55. The molecular formula is C12H12N2O. The highest BCUT2D eigenvalue weighted by atomic mass is 16.5. The van der Waals surface area contributed by atoms with Crippen molar-refractivity contribution < 1.29 is 4.85 Å². The van der Waals surface area contributed by atoms with Crippen LogP contribution < -0.4 is 4.85 Å². The van der Waals surface area contributed by atoms with Gasteiger partial charge in [-0.25, -0.2) is 0 Å². The maximum absolute atomic E-state index is 10.9. The molecule has 1 aromatic carbocycles. The minimum absolute atomic E-state index is 0.598. The van der Waals surface area contributed by atoms with E-state index in [2.05, 4.69) is 17.2 Å². The number of hydrogen-bond donors (Lipinski definition) is 0. The first-order chi connectivity index (χ1) is 7.34. The van der Waals surface area contributed by atoms with Gasteiger partial charge in [-0.15, -0.1) is 0 Å². The van der Waals surface area contributed by atoms with Crippen molar-refractivity contribution in [2.24, 2.45) is 0 Å². The van der Waals surface area contributed by atoms with Crippen LogP contribution in [-0.2, 0) is 12.8 Å². The molecule has 3 heteroatoms. The normalized spacial score (nSPS) is 10.1. The van der Waals surface area contributed by atoms with Crippen molar-refractivity contribution in [2.45, 2.75) is 12.8 Å². The lowest BCUT2D eigenvalue weighted by atomic mass is 10.1. The summed E-state index contributed by atoms with van der Waals surface area (Å²) in [6.45, 7) is 0. The smallest absolute Gasteiger partial charge is 0.213 e. The molecule has 3 nitrogen and oxygen atoms in total. The van der Waals surface area contributed by atoms with Crippen LogP contribution in [0.15, 0.2) is 48.8 Å². The maximum Gasteiger partial charge on any atom is 0.213 e. The first-order valence-electron chi connectivity index (χ1n) is 4.93. The van der Waals surface area contributed by atoms with Gasteiger partial charge in [0.05, 0.1) is 6.20 Å². The summed E-state index contributed by atoms with van der Waals surface area (Å²) in [6, 6.07) is 12.1. The summed E-state index contributed by atoms with van der Waals surface area (Å²) in [5.41, 5.74) is 2.30. The molecule has 2 aromatic rings. The first-order valence-corrected chi connectivity index (χ1v) is 4.93. The molecule has 0 atom stereocenters. The van der Waals surface area contributed by atoms with E-state index in [4.69, 9.17) is 0 Å². The van der Waals surface area contributed by atoms with Gasteiger partial charge >= 0.3 is 0 Å². The van der Waals surface area contributed by atoms with E-state index in [1.807, 2.05) is 24.3 Å². The Morgan fingerprint density at radius 2 is 1.73 bits per heavy atom. The topological polar surface area (TPSA) is 39.8 Å². The van der Waals surface area contributed by atoms with Crippen LogP contribution in [0.25, 0.3) is 0 Å². The third-order valence-electron chi connectivity index (χ3n) is 2.29. The number of aryl methyl sites for hydroxylation is 2. The molecule has 0 bridgehead atoms. The molecule has 2 rings (SSSR count). The van der Waals surface area contributed by atoms with Gasteiger partial charge in [0.25, 0.3) is 0 Å². The lowest BCUT2D eigenvalue weighted by molar-refractivity contribution is -0.669. The summed E-state index contributed by atoms with van der Waals surface area (Å²) >= 11 is 0. The number of rotatable bonds is 3. The minimum atomic E-state index is 0.598. The zero-order valence-corrected chi connectivity index (χ0v) is 8.34. The molecule has 0 spiro atoms. The number of benzene rings is 1. The van der Waals surface area contributed by atoms with Crippen LogP contribution >= 0.6 is 0 Å². The number of hydrogen-bond acceptors (Lipinski definition) is 2. The van der Waals surface area contributed by atoms with E-state index in [1.165, 1.54) is 18.0 Å². The Labute approximate surface area is 88.6 Å². The van der Waals surface area contributed by atoms with Crippen LogP contribution in [0.4, 0.5) is 0 Å². The van der Waals surface area contributed by atoms with E-state index in [1.54, 1.807) is 0 Å². The zero-order valence-electron chi connectivity index (χ0n) is 8.34. The summed E-state index contributed by atoms with van der Waals surface area (Å²) in [5.74, 6) is 0. The average molecular weight is 200 g/mol. The van der Waals surface area contributed by atoms with Gasteiger partial charge < -0.3 is 5.21 Å². The standard InChI is InChI=1S/C12H12N2O/c15-14-10-12(8-9-13-14)7-6-11-4-2-1-3-5-11/h1-5,8-10H,6-7H2. The molecule has 76 valence electrons. The maximum atomic E-state index is 10.9. The Hall–Kier alpha value is -1.90. The Balaban J connectivity index is 1.99. The molecule has 0 amide bonds. The van der Waals surface area contributed by atoms with Gasteiger partial charge in [0.15, 0.2) is 0 Å². The number of aromatic nitrogens is 2. The summed E-state index contributed by atoms with van der Waals surface area (Å²) < 4.78 is 0. The Kier molecular flexibility index (Phi) is 2.93. The molecule has 0 aliphatic heterocycles. The second-order valence-corrected chi connectivity index (χ2v) is 3.42. The van der Waals surface area contributed by atoms with Crippen LogP contribution in [0, 0.1) is 5.21 Å². The highest BCUT2D eigenvalue weighted by Gasteiger charge is 1.99. The largest absolute Gasteiger partial charge is 0.594 e. The highest BCUT2D eigenvalue weighted by Crippen LogP contribution is 2.04. The van der Waals surface area contributed by atoms with Gasteiger partial charge in [-0.3, -0.25) is 0 Å². The van der Waals surface area contributed by atoms with Gasteiger partial charge in [0, 0.05) is 10.7 Å². The predicted octanol–water partition coefficient (Wildman–Crippen LogP) is 1.50. The second-order valence-electron chi connectivity index (χ2n) is 3.42. The van der Waals surface area contributed by atoms with E-state index in [9.17, 15) is 5.21 Å². The summed E-state index contributed by atoms with van der Waals surface area (Å²) in [5, 5.41) is 14.5. The molecule has 0 N–H and O–H groups in total. The van der Waals surface area contributed by atoms with E-state index >= 15 is 0 Å². The van der Waals surface area contributed by atoms with Gasteiger partial charge in [-0.2, -0.15) is 0 Å². The molecule has 0 radical (unpaired) electrons. The fourth-order valence-corrected chi connectivity index (χ4v) is 1.49. The van der Waals surface area contributed by atoms with Crippen molar-refractivity contribution >= 4 is 0 Å². The fourth-order valence-electron chi connectivity index (χ4n) is 1.49. The first kappa shape index (κ1) is 9.65. The minimum Gasteiger partial charge on any atom is -0.594 e. The molecule has 0 fully saturated rings. The van der Waals surface area contributed by atoms with Crippen LogP contribution in [0.2, 0.25) is 0 Å². The van der Waals surface area contributed by atoms with E-state index in [-0.39, 0.29) is 0 Å². The van der Waals surface area contributed by atoms with Gasteiger partial charge in [-0.1, -0.05) is 35.2 Å². The van der Waals surface area contributed by atoms with E-state index in [0.29, 0.717) is 4.85 Å². The molecular weight excluding hydrogens is 188 g/mol. The third-order valence-corrected chi connectivity index (χ3v) is 2.29. The molecule has 15 heavy (non-hydrogen) atoms. The molecule has 0 aliphatic carbocycles. The van der Waals surface area contributed by atoms with Crippen LogP contribution in [0.1, 0.15) is 11.1 Å². The van der Waals surface area contributed by atoms with Gasteiger partial charge in [-0.05, 0) is 24.5 Å². The van der Waals surface area contributed by atoms with Gasteiger partial charge in [0.1, 0.15) is 0 Å². The van der Waals surface area contributed by atoms with Gasteiger partial charge in [0.2, 0.25) is 6.20 Å². The fraction of sp³-hybridized carbons (Fsp3) is 0.167. The van der Waals surface area contributed by atoms with Crippen molar-refractivity contribution in [1.82, 2.24) is 5.10 Å². The lowest BCUT2D eigenvalue weighted by Crippen LogP contribution is -2.30. The third kappa shape index (κ3) is 2.77. The molecule has 1 heterocycles. The van der Waals surface area contributed by atoms with E-state index in [0.717, 1.165) is 18.4 Å². The highest BCUT2D eigenvalue weighted by molar-refractivity contribution is 5.16. The molecule has 0 saturated carbocycles. The van der Waals surface area contributed by atoms with Crippen molar-refractivity contribution in [3.63, 3.8) is 0 Å². The lowest BCUT2D eigenvalue weighted by Gasteiger charge is -2.00. The Morgan fingerprint density at radius 1 is 1.00 bits per heavy atom. The predicted molar refractivity (Wildman–Crippen MR) is 57.0 cm³/mol. The molecule has 0 saturated heterocycles. The quantitative estimate of drug-likeness (QED) is 0.556. The van der Waals surface area contributed by atoms with Crippen LogP contribution in [-0.4, -0.2) is 5.10 Å². The van der Waals surface area contributed by atoms with Crippen LogP contribution in [0.5, 0.6) is 0 Å². The molecule has 0 aliphatic rings. The van der Waals surface area contributed by atoms with Crippen molar-refractivity contribution in [2.75, 3.05) is 0 Å². The SMILES string of the molecule is [O-][n+]1cc(CCc2ccccc2)ccn1. The monoisotopic (exact) mass is 200 g/mol. The van der Waals surface area contributed by atoms with Crippen molar-refractivity contribution in [3.05, 3.63) is 65.1 Å². The average Bonchev–Trinajstić information content (AvgIpc) is 2.28. The van der Waals surface area contributed by atoms with Crippen molar-refractivity contribution in [3.8, 4) is 0 Å². The summed E-state index contributed by atoms with van der Waals surface area (Å²) in [4.78, 5) is 0.598. The zero-order chi connectivity index (χ0) is 10.5. The Morgan fingerprint density at radius 3 is 2.47 bits per heavy atom. The summed E-state index contributed by atoms with van der Waals surface area (Å²) in [7, 11) is 0. The summed E-state index contributed by atoms with van der Waals surface area (Å²) in [6.07, 6.45) is 4.87. The number of nitrogens with zero attached hydrogens (tertiary/aromatic N) is 2. The molecule has 0 unspecified atom stereocenters.